The Morgan fingerprint density at radius 3 is 2.52 bits per heavy atom. The third-order valence-corrected chi connectivity index (χ3v) is 7.75. The number of piperidine rings is 1. The third kappa shape index (κ3) is 5.56. The fourth-order valence-corrected chi connectivity index (χ4v) is 5.78. The highest BCUT2D eigenvalue weighted by atomic mass is 19.1. The van der Waals surface area contributed by atoms with Crippen molar-refractivity contribution >= 4 is 11.9 Å². The molecule has 2 aliphatic heterocycles. The molecule has 0 saturated carbocycles. The van der Waals surface area contributed by atoms with Gasteiger partial charge in [-0.25, -0.2) is 4.39 Å². The molecule has 212 valence electrons. The molecule has 1 amide bonds. The summed E-state index contributed by atoms with van der Waals surface area (Å²) in [6.07, 6.45) is 2.58. The lowest BCUT2D eigenvalue weighted by Crippen LogP contribution is -2.39. The number of fused-ring (bicyclic) bond motifs is 3. The number of benzene rings is 2. The van der Waals surface area contributed by atoms with Crippen LogP contribution >= 0.6 is 0 Å². The van der Waals surface area contributed by atoms with Crippen molar-refractivity contribution in [1.82, 2.24) is 9.47 Å². The second kappa shape index (κ2) is 12.1. The number of likely N-dealkylation sites (tertiary alicyclic amines) is 1. The van der Waals surface area contributed by atoms with Crippen molar-refractivity contribution in [2.24, 2.45) is 5.92 Å². The Morgan fingerprint density at radius 1 is 1.00 bits per heavy atom. The molecule has 0 unspecified atom stereocenters. The van der Waals surface area contributed by atoms with Crippen molar-refractivity contribution in [3.05, 3.63) is 77.4 Å². The summed E-state index contributed by atoms with van der Waals surface area (Å²) < 4.78 is 39.7. The van der Waals surface area contributed by atoms with Crippen LogP contribution in [0.15, 0.2) is 54.7 Å². The molecule has 1 saturated heterocycles. The van der Waals surface area contributed by atoms with Gasteiger partial charge < -0.3 is 28.4 Å². The molecular formula is C31H35FN2O6. The van der Waals surface area contributed by atoms with Crippen LogP contribution in [0.25, 0.3) is 5.69 Å². The molecule has 3 heterocycles. The second-order valence-corrected chi connectivity index (χ2v) is 10.1. The maximum atomic E-state index is 14.6. The van der Waals surface area contributed by atoms with Crippen molar-refractivity contribution in [1.29, 1.82) is 0 Å². The Bertz CT molecular complexity index is 1360. The lowest BCUT2D eigenvalue weighted by atomic mass is 9.93. The van der Waals surface area contributed by atoms with Gasteiger partial charge in [0.05, 0.1) is 38.6 Å². The number of amides is 1. The van der Waals surface area contributed by atoms with Crippen LogP contribution in [-0.2, 0) is 19.1 Å². The van der Waals surface area contributed by atoms with Gasteiger partial charge in [0.2, 0.25) is 5.91 Å². The Labute approximate surface area is 233 Å². The number of para-hydroxylation sites is 1. The minimum absolute atomic E-state index is 0.0270. The molecule has 1 aromatic heterocycles. The van der Waals surface area contributed by atoms with Crippen molar-refractivity contribution in [2.45, 2.75) is 44.8 Å². The zero-order chi connectivity index (χ0) is 28.2. The van der Waals surface area contributed by atoms with Crippen LogP contribution in [0.2, 0.25) is 0 Å². The van der Waals surface area contributed by atoms with Crippen LogP contribution in [0.1, 0.15) is 61.6 Å². The molecule has 0 N–H and O–H groups in total. The van der Waals surface area contributed by atoms with E-state index in [9.17, 15) is 14.0 Å². The molecule has 0 bridgehead atoms. The third-order valence-electron chi connectivity index (χ3n) is 7.75. The van der Waals surface area contributed by atoms with Crippen LogP contribution in [0.5, 0.6) is 11.5 Å². The zero-order valence-electron chi connectivity index (χ0n) is 23.1. The second-order valence-electron chi connectivity index (χ2n) is 10.1. The van der Waals surface area contributed by atoms with Crippen LogP contribution in [0.4, 0.5) is 4.39 Å². The molecule has 1 fully saturated rings. The van der Waals surface area contributed by atoms with E-state index in [1.165, 1.54) is 12.1 Å². The molecule has 9 heteroatoms. The maximum absolute atomic E-state index is 14.6. The standard InChI is InChI=1S/C31H35FN2O6/c1-4-39-29(36)17-20-12-15-33(16-13-20)28(35)19-27-25-8-6-14-34(25)24-11-10-21(32)18-23(24)30(40-27)22-7-5-9-26(37-2)31(22)38-3/h5-11,14,18,20,27,30H,4,12-13,15-17,19H2,1-3H3/t27-,30-/m0/s1. The van der Waals surface area contributed by atoms with E-state index in [1.54, 1.807) is 33.3 Å². The smallest absolute Gasteiger partial charge is 0.306 e. The summed E-state index contributed by atoms with van der Waals surface area (Å²) in [4.78, 5) is 27.3. The van der Waals surface area contributed by atoms with Gasteiger partial charge in [0, 0.05) is 36.8 Å². The minimum Gasteiger partial charge on any atom is -0.493 e. The van der Waals surface area contributed by atoms with Gasteiger partial charge in [-0.15, -0.1) is 0 Å². The Kier molecular flexibility index (Phi) is 8.40. The summed E-state index contributed by atoms with van der Waals surface area (Å²) in [6, 6.07) is 14.0. The number of nitrogens with zero attached hydrogens (tertiary/aromatic N) is 2. The van der Waals surface area contributed by atoms with Gasteiger partial charge in [0.15, 0.2) is 11.5 Å². The number of aromatic nitrogens is 1. The predicted octanol–water partition coefficient (Wildman–Crippen LogP) is 5.38. The van der Waals surface area contributed by atoms with Crippen molar-refractivity contribution in [3.63, 3.8) is 0 Å². The monoisotopic (exact) mass is 550 g/mol. The van der Waals surface area contributed by atoms with E-state index in [-0.39, 0.29) is 30.0 Å². The largest absolute Gasteiger partial charge is 0.493 e. The number of methoxy groups -OCH3 is 2. The lowest BCUT2D eigenvalue weighted by Gasteiger charge is -2.33. The highest BCUT2D eigenvalue weighted by Gasteiger charge is 2.35. The first-order valence-electron chi connectivity index (χ1n) is 13.7. The van der Waals surface area contributed by atoms with Crippen LogP contribution in [-0.4, -0.2) is 55.3 Å². The molecule has 0 spiro atoms. The van der Waals surface area contributed by atoms with E-state index in [0.29, 0.717) is 48.7 Å². The van der Waals surface area contributed by atoms with Gasteiger partial charge >= 0.3 is 5.97 Å². The maximum Gasteiger partial charge on any atom is 0.306 e. The molecular weight excluding hydrogens is 515 g/mol. The molecule has 2 atom stereocenters. The molecule has 40 heavy (non-hydrogen) atoms. The van der Waals surface area contributed by atoms with E-state index < -0.39 is 12.2 Å². The number of rotatable bonds is 8. The minimum atomic E-state index is -0.719. The number of esters is 1. The molecule has 3 aromatic rings. The summed E-state index contributed by atoms with van der Waals surface area (Å²) >= 11 is 0. The molecule has 2 aromatic carbocycles. The Hall–Kier alpha value is -3.85. The van der Waals surface area contributed by atoms with Gasteiger partial charge in [-0.3, -0.25) is 9.59 Å². The van der Waals surface area contributed by atoms with Crippen LogP contribution < -0.4 is 9.47 Å². The predicted molar refractivity (Wildman–Crippen MR) is 146 cm³/mol. The van der Waals surface area contributed by atoms with Crippen molar-refractivity contribution in [3.8, 4) is 17.2 Å². The van der Waals surface area contributed by atoms with Gasteiger partial charge in [0.25, 0.3) is 0 Å². The first kappa shape index (κ1) is 27.7. The number of hydrogen-bond acceptors (Lipinski definition) is 6. The SMILES string of the molecule is CCOC(=O)CC1CCN(C(=O)C[C@@H]2O[C@@H](c3cccc(OC)c3OC)c3cc(F)ccc3-n3cccc32)CC1. The number of ether oxygens (including phenoxy) is 4. The van der Waals surface area contributed by atoms with Gasteiger partial charge in [-0.2, -0.15) is 0 Å². The number of halogens is 1. The number of carbonyl (C=O) groups is 2. The van der Waals surface area contributed by atoms with Crippen LogP contribution in [0, 0.1) is 11.7 Å². The fraction of sp³-hybridized carbons (Fsp3) is 0.419. The van der Waals surface area contributed by atoms with E-state index in [4.69, 9.17) is 18.9 Å². The lowest BCUT2D eigenvalue weighted by molar-refractivity contribution is -0.144. The first-order valence-corrected chi connectivity index (χ1v) is 13.7. The van der Waals surface area contributed by atoms with Gasteiger partial charge in [0.1, 0.15) is 18.0 Å². The molecule has 0 radical (unpaired) electrons. The summed E-state index contributed by atoms with van der Waals surface area (Å²) in [5.74, 6) is 0.636. The molecule has 2 aliphatic rings. The molecule has 0 aliphatic carbocycles. The average molecular weight is 551 g/mol. The van der Waals surface area contributed by atoms with Crippen molar-refractivity contribution < 1.29 is 32.9 Å². The normalized spacial score (nSPS) is 18.9. The number of carbonyl (C=O) groups excluding carboxylic acids is 2. The van der Waals surface area contributed by atoms with E-state index >= 15 is 0 Å². The molecule has 5 rings (SSSR count). The summed E-state index contributed by atoms with van der Waals surface area (Å²) in [5.41, 5.74) is 2.88. The Morgan fingerprint density at radius 2 is 1.80 bits per heavy atom. The van der Waals surface area contributed by atoms with E-state index in [0.717, 1.165) is 24.2 Å². The Balaban J connectivity index is 1.43. The van der Waals surface area contributed by atoms with E-state index in [2.05, 4.69) is 0 Å². The highest BCUT2D eigenvalue weighted by Crippen LogP contribution is 2.46. The van der Waals surface area contributed by atoms with Crippen molar-refractivity contribution in [2.75, 3.05) is 33.9 Å². The van der Waals surface area contributed by atoms with Crippen LogP contribution in [0.3, 0.4) is 0 Å². The summed E-state index contributed by atoms with van der Waals surface area (Å²) in [7, 11) is 3.12. The fourth-order valence-electron chi connectivity index (χ4n) is 5.78. The average Bonchev–Trinajstić information content (AvgIpc) is 3.40. The zero-order valence-corrected chi connectivity index (χ0v) is 23.1. The van der Waals surface area contributed by atoms with Gasteiger partial charge in [-0.05, 0) is 62.1 Å². The highest BCUT2D eigenvalue weighted by molar-refractivity contribution is 5.77. The quantitative estimate of drug-likeness (QED) is 0.351. The summed E-state index contributed by atoms with van der Waals surface area (Å²) in [6.45, 7) is 3.33. The first-order chi connectivity index (χ1) is 19.4. The summed E-state index contributed by atoms with van der Waals surface area (Å²) in [5, 5.41) is 0. The number of hydrogen-bond donors (Lipinski definition) is 0. The van der Waals surface area contributed by atoms with E-state index in [1.807, 2.05) is 39.9 Å². The topological polar surface area (TPSA) is 79.2 Å². The van der Waals surface area contributed by atoms with Gasteiger partial charge in [-0.1, -0.05) is 12.1 Å². The molecule has 8 nitrogen and oxygen atoms in total.